The molecule has 0 unspecified atom stereocenters. The summed E-state index contributed by atoms with van der Waals surface area (Å²) in [6.45, 7) is 0. The van der Waals surface area contributed by atoms with Gasteiger partial charge in [0.15, 0.2) is 0 Å². The number of ether oxygens (including phenoxy) is 1. The normalized spacial score (nSPS) is 11.1. The zero-order chi connectivity index (χ0) is 13.9. The molecule has 2 aromatic carbocycles. The lowest BCUT2D eigenvalue weighted by atomic mass is 10.3. The molecule has 0 N–H and O–H groups in total. The lowest BCUT2D eigenvalue weighted by Gasteiger charge is -2.19. The van der Waals surface area contributed by atoms with E-state index in [1.807, 2.05) is 0 Å². The molecule has 0 saturated carbocycles. The van der Waals surface area contributed by atoms with Gasteiger partial charge in [0.25, 0.3) is 10.0 Å². The summed E-state index contributed by atoms with van der Waals surface area (Å²) in [6, 6.07) is 15.2. The molecule has 5 heteroatoms. The van der Waals surface area contributed by atoms with E-state index in [0.717, 1.165) is 0 Å². The molecule has 0 aromatic heterocycles. The second kappa shape index (κ2) is 5.32. The highest BCUT2D eigenvalue weighted by Crippen LogP contribution is 2.23. The quantitative estimate of drug-likeness (QED) is 0.862. The number of hydrogen-bond acceptors (Lipinski definition) is 3. The molecule has 100 valence electrons. The number of benzene rings is 2. The minimum Gasteiger partial charge on any atom is -0.497 e. The lowest BCUT2D eigenvalue weighted by molar-refractivity contribution is 0.415. The molecule has 0 spiro atoms. The topological polar surface area (TPSA) is 46.6 Å². The second-order valence-corrected chi connectivity index (χ2v) is 5.95. The lowest BCUT2D eigenvalue weighted by Crippen LogP contribution is -2.26. The Morgan fingerprint density at radius 1 is 0.947 bits per heavy atom. The Kier molecular flexibility index (Phi) is 3.76. The van der Waals surface area contributed by atoms with Gasteiger partial charge in [0, 0.05) is 7.05 Å². The van der Waals surface area contributed by atoms with Gasteiger partial charge in [0.2, 0.25) is 0 Å². The third kappa shape index (κ3) is 2.71. The summed E-state index contributed by atoms with van der Waals surface area (Å²) in [5.41, 5.74) is 0.588. The molecular weight excluding hydrogens is 262 g/mol. The van der Waals surface area contributed by atoms with E-state index in [1.54, 1.807) is 61.7 Å². The largest absolute Gasteiger partial charge is 0.497 e. The SMILES string of the molecule is COc1ccc(N(C)S(=O)(=O)c2ccccc2)cc1. The fraction of sp³-hybridized carbons (Fsp3) is 0.143. The molecule has 0 heterocycles. The van der Waals surface area contributed by atoms with E-state index >= 15 is 0 Å². The van der Waals surface area contributed by atoms with Gasteiger partial charge in [0.1, 0.15) is 5.75 Å². The van der Waals surface area contributed by atoms with Crippen molar-refractivity contribution >= 4 is 15.7 Å². The first-order valence-electron chi connectivity index (χ1n) is 5.74. The van der Waals surface area contributed by atoms with Crippen molar-refractivity contribution in [3.05, 3.63) is 54.6 Å². The fourth-order valence-corrected chi connectivity index (χ4v) is 2.90. The minimum absolute atomic E-state index is 0.272. The molecule has 2 aromatic rings. The van der Waals surface area contributed by atoms with E-state index < -0.39 is 10.0 Å². The van der Waals surface area contributed by atoms with Crippen LogP contribution in [0.5, 0.6) is 5.75 Å². The highest BCUT2D eigenvalue weighted by atomic mass is 32.2. The Balaban J connectivity index is 2.35. The molecule has 0 radical (unpaired) electrons. The highest BCUT2D eigenvalue weighted by Gasteiger charge is 2.20. The van der Waals surface area contributed by atoms with Gasteiger partial charge in [-0.25, -0.2) is 8.42 Å². The molecule has 19 heavy (non-hydrogen) atoms. The molecule has 0 bridgehead atoms. The van der Waals surface area contributed by atoms with Crippen LogP contribution in [0.25, 0.3) is 0 Å². The van der Waals surface area contributed by atoms with Crippen LogP contribution < -0.4 is 9.04 Å². The first kappa shape index (κ1) is 13.4. The van der Waals surface area contributed by atoms with Crippen molar-refractivity contribution in [2.24, 2.45) is 0 Å². The molecule has 2 rings (SSSR count). The van der Waals surface area contributed by atoms with Gasteiger partial charge in [0.05, 0.1) is 17.7 Å². The number of methoxy groups -OCH3 is 1. The van der Waals surface area contributed by atoms with Crippen LogP contribution in [-0.4, -0.2) is 22.6 Å². The number of rotatable bonds is 4. The van der Waals surface area contributed by atoms with Gasteiger partial charge in [-0.15, -0.1) is 0 Å². The molecule has 0 saturated heterocycles. The molecule has 0 fully saturated rings. The monoisotopic (exact) mass is 277 g/mol. The Bertz CT molecular complexity index is 636. The van der Waals surface area contributed by atoms with E-state index in [0.29, 0.717) is 11.4 Å². The highest BCUT2D eigenvalue weighted by molar-refractivity contribution is 7.92. The third-order valence-corrected chi connectivity index (χ3v) is 4.64. The molecular formula is C14H15NO3S. The number of sulfonamides is 1. The first-order chi connectivity index (χ1) is 9.05. The van der Waals surface area contributed by atoms with Crippen molar-refractivity contribution in [2.75, 3.05) is 18.5 Å². The summed E-state index contributed by atoms with van der Waals surface area (Å²) in [5.74, 6) is 0.689. The standard InChI is InChI=1S/C14H15NO3S/c1-15(12-8-10-13(18-2)11-9-12)19(16,17)14-6-4-3-5-7-14/h3-11H,1-2H3. The maximum Gasteiger partial charge on any atom is 0.264 e. The summed E-state index contributed by atoms with van der Waals surface area (Å²) in [4.78, 5) is 0.272. The smallest absolute Gasteiger partial charge is 0.264 e. The van der Waals surface area contributed by atoms with Crippen LogP contribution in [0.15, 0.2) is 59.5 Å². The van der Waals surface area contributed by atoms with Crippen molar-refractivity contribution in [3.8, 4) is 5.75 Å². The Morgan fingerprint density at radius 2 is 1.53 bits per heavy atom. The maximum absolute atomic E-state index is 12.4. The van der Waals surface area contributed by atoms with E-state index in [4.69, 9.17) is 4.74 Å². The van der Waals surface area contributed by atoms with Gasteiger partial charge in [-0.2, -0.15) is 0 Å². The summed E-state index contributed by atoms with van der Waals surface area (Å²) in [6.07, 6.45) is 0. The van der Waals surface area contributed by atoms with Gasteiger partial charge >= 0.3 is 0 Å². The van der Waals surface area contributed by atoms with Gasteiger partial charge in [-0.05, 0) is 36.4 Å². The Hall–Kier alpha value is -2.01. The average molecular weight is 277 g/mol. The molecule has 0 atom stereocenters. The average Bonchev–Trinajstić information content (AvgIpc) is 2.47. The van der Waals surface area contributed by atoms with Crippen LogP contribution >= 0.6 is 0 Å². The van der Waals surface area contributed by atoms with Gasteiger partial charge in [-0.3, -0.25) is 4.31 Å². The summed E-state index contributed by atoms with van der Waals surface area (Å²) in [7, 11) is -0.418. The fourth-order valence-electron chi connectivity index (χ4n) is 1.68. The van der Waals surface area contributed by atoms with E-state index in [1.165, 1.54) is 11.4 Å². The van der Waals surface area contributed by atoms with Crippen molar-refractivity contribution in [1.29, 1.82) is 0 Å². The zero-order valence-electron chi connectivity index (χ0n) is 10.8. The van der Waals surface area contributed by atoms with Crippen LogP contribution in [0.3, 0.4) is 0 Å². The summed E-state index contributed by atoms with van der Waals surface area (Å²) < 4.78 is 31.1. The minimum atomic E-state index is -3.52. The molecule has 0 aliphatic rings. The summed E-state index contributed by atoms with van der Waals surface area (Å²) in [5, 5.41) is 0. The summed E-state index contributed by atoms with van der Waals surface area (Å²) >= 11 is 0. The van der Waals surface area contributed by atoms with Crippen LogP contribution in [0, 0.1) is 0 Å². The molecule has 4 nitrogen and oxygen atoms in total. The van der Waals surface area contributed by atoms with Crippen LogP contribution in [0.4, 0.5) is 5.69 Å². The van der Waals surface area contributed by atoms with Gasteiger partial charge in [-0.1, -0.05) is 18.2 Å². The zero-order valence-corrected chi connectivity index (χ0v) is 11.6. The molecule has 0 amide bonds. The Labute approximate surface area is 113 Å². The number of nitrogens with zero attached hydrogens (tertiary/aromatic N) is 1. The van der Waals surface area contributed by atoms with Crippen LogP contribution in [0.1, 0.15) is 0 Å². The van der Waals surface area contributed by atoms with E-state index in [-0.39, 0.29) is 4.90 Å². The number of anilines is 1. The van der Waals surface area contributed by atoms with Crippen LogP contribution in [-0.2, 0) is 10.0 Å². The van der Waals surface area contributed by atoms with E-state index in [2.05, 4.69) is 0 Å². The first-order valence-corrected chi connectivity index (χ1v) is 7.18. The molecule has 0 aliphatic heterocycles. The number of hydrogen-bond donors (Lipinski definition) is 0. The predicted molar refractivity (Wildman–Crippen MR) is 75.0 cm³/mol. The van der Waals surface area contributed by atoms with E-state index in [9.17, 15) is 8.42 Å². The van der Waals surface area contributed by atoms with Crippen molar-refractivity contribution in [2.45, 2.75) is 4.90 Å². The van der Waals surface area contributed by atoms with Crippen LogP contribution in [0.2, 0.25) is 0 Å². The predicted octanol–water partition coefficient (Wildman–Crippen LogP) is 2.52. The maximum atomic E-state index is 12.4. The molecule has 0 aliphatic carbocycles. The van der Waals surface area contributed by atoms with Crippen molar-refractivity contribution < 1.29 is 13.2 Å². The van der Waals surface area contributed by atoms with Gasteiger partial charge < -0.3 is 4.74 Å². The Morgan fingerprint density at radius 3 is 2.05 bits per heavy atom. The van der Waals surface area contributed by atoms with Crippen molar-refractivity contribution in [3.63, 3.8) is 0 Å². The van der Waals surface area contributed by atoms with Crippen molar-refractivity contribution in [1.82, 2.24) is 0 Å². The third-order valence-electron chi connectivity index (χ3n) is 2.84. The second-order valence-electron chi connectivity index (χ2n) is 3.98.